The minimum Gasteiger partial charge on any atom is -0.481 e. The molecule has 1 aliphatic heterocycles. The second-order valence-corrected chi connectivity index (χ2v) is 13.5. The molecule has 1 amide bonds. The van der Waals surface area contributed by atoms with E-state index in [1.807, 2.05) is 48.5 Å². The first-order valence-electron chi connectivity index (χ1n) is 14.2. The molecule has 0 radical (unpaired) electrons. The lowest BCUT2D eigenvalue weighted by atomic mass is 9.81. The van der Waals surface area contributed by atoms with Crippen LogP contribution in [-0.4, -0.2) is 61.0 Å². The van der Waals surface area contributed by atoms with Crippen molar-refractivity contribution in [3.05, 3.63) is 59.7 Å². The molecule has 0 saturated carbocycles. The average molecular weight is 573 g/mol. The number of carboxylic acid groups (broad SMARTS) is 1. The third-order valence-corrected chi connectivity index (χ3v) is 7.96. The van der Waals surface area contributed by atoms with E-state index < -0.39 is 45.7 Å². The van der Waals surface area contributed by atoms with E-state index in [4.69, 9.17) is 4.74 Å². The Bertz CT molecular complexity index is 1260. The van der Waals surface area contributed by atoms with Gasteiger partial charge >= 0.3 is 12.1 Å². The van der Waals surface area contributed by atoms with Crippen molar-refractivity contribution in [3.63, 3.8) is 0 Å². The number of piperidine rings is 1. The van der Waals surface area contributed by atoms with E-state index in [2.05, 4.69) is 11.6 Å². The number of nitrogens with zero attached hydrogens (tertiary/aromatic N) is 1. The highest BCUT2D eigenvalue weighted by atomic mass is 32.2. The number of carboxylic acids is 1. The summed E-state index contributed by atoms with van der Waals surface area (Å²) in [5.41, 5.74) is 2.56. The molecule has 1 fully saturated rings. The van der Waals surface area contributed by atoms with Crippen molar-refractivity contribution in [1.29, 1.82) is 0 Å². The number of ether oxygens (including phenoxy) is 1. The standard InChI is InChI=1S/C31H44N2O6S/c1-6-7-9-17-25(29(34)35)28-23(16-12-18-24(28)22-14-10-8-11-15-22)21-27-26(32-40(5,37)38)19-13-20-33(27)30(36)39-31(2,3)4/h8,10-12,14-16,18,25-27,32H,6-7,9,13,17,19-21H2,1-5H3,(H,34,35). The number of nitrogens with one attached hydrogen (secondary N) is 1. The van der Waals surface area contributed by atoms with Gasteiger partial charge in [-0.15, -0.1) is 0 Å². The number of likely N-dealkylation sites (tertiary alicyclic amines) is 1. The van der Waals surface area contributed by atoms with Gasteiger partial charge in [-0.25, -0.2) is 17.9 Å². The van der Waals surface area contributed by atoms with Crippen LogP contribution in [0.3, 0.4) is 0 Å². The van der Waals surface area contributed by atoms with Crippen molar-refractivity contribution in [2.24, 2.45) is 0 Å². The molecular weight excluding hydrogens is 528 g/mol. The third kappa shape index (κ3) is 8.80. The topological polar surface area (TPSA) is 113 Å². The van der Waals surface area contributed by atoms with Gasteiger partial charge < -0.3 is 14.7 Å². The molecule has 9 heteroatoms. The quantitative estimate of drug-likeness (QED) is 0.321. The molecule has 0 spiro atoms. The molecule has 2 aromatic rings. The predicted molar refractivity (Wildman–Crippen MR) is 158 cm³/mol. The highest BCUT2D eigenvalue weighted by Crippen LogP contribution is 2.37. The first-order valence-corrected chi connectivity index (χ1v) is 16.1. The summed E-state index contributed by atoms with van der Waals surface area (Å²) in [4.78, 5) is 27.7. The van der Waals surface area contributed by atoms with Crippen LogP contribution in [0.1, 0.15) is 83.3 Å². The van der Waals surface area contributed by atoms with Crippen molar-refractivity contribution in [1.82, 2.24) is 9.62 Å². The van der Waals surface area contributed by atoms with Crippen molar-refractivity contribution in [2.75, 3.05) is 12.8 Å². The van der Waals surface area contributed by atoms with Crippen LogP contribution in [0.4, 0.5) is 4.79 Å². The van der Waals surface area contributed by atoms with Gasteiger partial charge in [-0.05, 0) is 68.7 Å². The van der Waals surface area contributed by atoms with E-state index in [0.717, 1.165) is 47.8 Å². The maximum Gasteiger partial charge on any atom is 0.410 e. The zero-order valence-corrected chi connectivity index (χ0v) is 25.2. The van der Waals surface area contributed by atoms with Crippen molar-refractivity contribution >= 4 is 22.1 Å². The molecule has 0 aliphatic carbocycles. The number of carbonyl (C=O) groups is 2. The molecule has 2 N–H and O–H groups in total. The van der Waals surface area contributed by atoms with Gasteiger partial charge in [0.25, 0.3) is 0 Å². The zero-order valence-electron chi connectivity index (χ0n) is 24.4. The number of rotatable bonds is 11. The second kappa shape index (κ2) is 13.6. The lowest BCUT2D eigenvalue weighted by Crippen LogP contribution is -2.58. The summed E-state index contributed by atoms with van der Waals surface area (Å²) >= 11 is 0. The van der Waals surface area contributed by atoms with Crippen molar-refractivity contribution in [2.45, 2.75) is 96.2 Å². The molecule has 0 aromatic heterocycles. The highest BCUT2D eigenvalue weighted by molar-refractivity contribution is 7.88. The molecule has 3 unspecified atom stereocenters. The number of unbranched alkanes of at least 4 members (excludes halogenated alkanes) is 2. The fourth-order valence-electron chi connectivity index (χ4n) is 5.56. The molecule has 0 bridgehead atoms. The van der Waals surface area contributed by atoms with Gasteiger partial charge in [-0.3, -0.25) is 4.79 Å². The predicted octanol–water partition coefficient (Wildman–Crippen LogP) is 5.96. The Morgan fingerprint density at radius 2 is 1.80 bits per heavy atom. The molecule has 3 rings (SSSR count). The van der Waals surface area contributed by atoms with Gasteiger partial charge in [-0.2, -0.15) is 0 Å². The fraction of sp³-hybridized carbons (Fsp3) is 0.548. The summed E-state index contributed by atoms with van der Waals surface area (Å²) in [5, 5.41) is 10.4. The molecule has 3 atom stereocenters. The SMILES string of the molecule is CCCCCC(C(=O)O)c1c(CC2C(NS(C)(=O)=O)CCCN2C(=O)OC(C)(C)C)cccc1-c1ccccc1. The Hall–Kier alpha value is -2.91. The molecule has 40 heavy (non-hydrogen) atoms. The summed E-state index contributed by atoms with van der Waals surface area (Å²) in [6.07, 6.45) is 5.27. The summed E-state index contributed by atoms with van der Waals surface area (Å²) in [6, 6.07) is 14.4. The van der Waals surface area contributed by atoms with Crippen LogP contribution in [-0.2, 0) is 26.0 Å². The summed E-state index contributed by atoms with van der Waals surface area (Å²) in [5.74, 6) is -1.63. The third-order valence-electron chi connectivity index (χ3n) is 7.23. The first-order chi connectivity index (χ1) is 18.8. The van der Waals surface area contributed by atoms with Crippen LogP contribution in [0.25, 0.3) is 11.1 Å². The number of benzene rings is 2. The van der Waals surface area contributed by atoms with Crippen LogP contribution in [0, 0.1) is 0 Å². The summed E-state index contributed by atoms with van der Waals surface area (Å²) < 4.78 is 33.1. The van der Waals surface area contributed by atoms with E-state index in [9.17, 15) is 23.1 Å². The molecule has 1 saturated heterocycles. The van der Waals surface area contributed by atoms with E-state index in [1.54, 1.807) is 25.7 Å². The fourth-order valence-corrected chi connectivity index (χ4v) is 6.38. The summed E-state index contributed by atoms with van der Waals surface area (Å²) in [6.45, 7) is 7.90. The van der Waals surface area contributed by atoms with Gasteiger partial charge in [0.2, 0.25) is 10.0 Å². The molecular formula is C31H44N2O6S. The van der Waals surface area contributed by atoms with Crippen molar-refractivity contribution < 1.29 is 27.9 Å². The van der Waals surface area contributed by atoms with Gasteiger partial charge in [0.15, 0.2) is 0 Å². The Morgan fingerprint density at radius 3 is 2.40 bits per heavy atom. The van der Waals surface area contributed by atoms with E-state index in [1.165, 1.54) is 0 Å². The first kappa shape index (κ1) is 31.6. The Labute approximate surface area is 239 Å². The summed E-state index contributed by atoms with van der Waals surface area (Å²) in [7, 11) is -3.56. The highest BCUT2D eigenvalue weighted by Gasteiger charge is 2.39. The Kier molecular flexibility index (Phi) is 10.8. The van der Waals surface area contributed by atoms with Gasteiger partial charge in [-0.1, -0.05) is 74.7 Å². The van der Waals surface area contributed by atoms with Crippen LogP contribution in [0.5, 0.6) is 0 Å². The lowest BCUT2D eigenvalue weighted by molar-refractivity contribution is -0.139. The molecule has 2 aromatic carbocycles. The minimum absolute atomic E-state index is 0.292. The largest absolute Gasteiger partial charge is 0.481 e. The second-order valence-electron chi connectivity index (χ2n) is 11.7. The number of carbonyl (C=O) groups excluding carboxylic acids is 1. The van der Waals surface area contributed by atoms with Crippen LogP contribution in [0.15, 0.2) is 48.5 Å². The molecule has 1 heterocycles. The van der Waals surface area contributed by atoms with E-state index in [-0.39, 0.29) is 0 Å². The number of sulfonamides is 1. The molecule has 220 valence electrons. The Balaban J connectivity index is 2.14. The lowest BCUT2D eigenvalue weighted by Gasteiger charge is -2.42. The van der Waals surface area contributed by atoms with Crippen molar-refractivity contribution in [3.8, 4) is 11.1 Å². The van der Waals surface area contributed by atoms with Gasteiger partial charge in [0.1, 0.15) is 5.60 Å². The normalized spacial score (nSPS) is 18.8. The zero-order chi connectivity index (χ0) is 29.5. The number of hydrogen-bond acceptors (Lipinski definition) is 5. The maximum absolute atomic E-state index is 13.3. The van der Waals surface area contributed by atoms with Crippen LogP contribution in [0.2, 0.25) is 0 Å². The Morgan fingerprint density at radius 1 is 1.10 bits per heavy atom. The van der Waals surface area contributed by atoms with E-state index in [0.29, 0.717) is 32.2 Å². The van der Waals surface area contributed by atoms with Gasteiger partial charge in [0, 0.05) is 12.6 Å². The number of aliphatic carboxylic acids is 1. The van der Waals surface area contributed by atoms with E-state index >= 15 is 0 Å². The van der Waals surface area contributed by atoms with Crippen LogP contribution >= 0.6 is 0 Å². The average Bonchev–Trinajstić information content (AvgIpc) is 2.86. The smallest absolute Gasteiger partial charge is 0.410 e. The minimum atomic E-state index is -3.56. The monoisotopic (exact) mass is 572 g/mol. The van der Waals surface area contributed by atoms with Crippen LogP contribution < -0.4 is 4.72 Å². The molecule has 1 aliphatic rings. The van der Waals surface area contributed by atoms with Gasteiger partial charge in [0.05, 0.1) is 18.2 Å². The number of hydrogen-bond donors (Lipinski definition) is 2. The molecule has 8 nitrogen and oxygen atoms in total. The maximum atomic E-state index is 13.3. The number of amides is 1.